The van der Waals surface area contributed by atoms with Crippen LogP contribution in [-0.4, -0.2) is 22.6 Å². The van der Waals surface area contributed by atoms with E-state index < -0.39 is 0 Å². The fourth-order valence-electron chi connectivity index (χ4n) is 3.24. The molecule has 126 valence electrons. The zero-order valence-corrected chi connectivity index (χ0v) is 15.2. The normalized spacial score (nSPS) is 16.2. The summed E-state index contributed by atoms with van der Waals surface area (Å²) in [7, 11) is 1.64. The summed E-state index contributed by atoms with van der Waals surface area (Å²) >= 11 is 3.49. The Morgan fingerprint density at radius 3 is 2.88 bits per heavy atom. The number of anilines is 1. The second-order valence-corrected chi connectivity index (χ2v) is 6.79. The molecule has 2 heterocycles. The number of nitrogens with one attached hydrogen (secondary N) is 1. The lowest BCUT2D eigenvalue weighted by molar-refractivity contribution is -0.116. The van der Waals surface area contributed by atoms with Gasteiger partial charge in [0.2, 0.25) is 5.91 Å². The average Bonchev–Trinajstić information content (AvgIpc) is 3.04. The molecule has 0 aliphatic carbocycles. The number of rotatable bonds is 3. The smallest absolute Gasteiger partial charge is 0.226 e. The first-order valence-electron chi connectivity index (χ1n) is 7.93. The van der Waals surface area contributed by atoms with Gasteiger partial charge in [-0.1, -0.05) is 40.2 Å². The Labute approximate surface area is 153 Å². The van der Waals surface area contributed by atoms with Crippen LogP contribution in [0.5, 0.6) is 5.75 Å². The summed E-state index contributed by atoms with van der Waals surface area (Å²) < 4.78 is 8.35. The first kappa shape index (κ1) is 15.9. The fraction of sp³-hybridized carbons (Fsp3) is 0.158. The van der Waals surface area contributed by atoms with Crippen molar-refractivity contribution in [1.29, 1.82) is 0 Å². The molecule has 0 spiro atoms. The molecule has 0 fully saturated rings. The average molecular weight is 398 g/mol. The molecule has 1 N–H and O–H groups in total. The first-order chi connectivity index (χ1) is 12.2. The molecule has 2 aromatic carbocycles. The summed E-state index contributed by atoms with van der Waals surface area (Å²) in [6, 6.07) is 15.7. The lowest BCUT2D eigenvalue weighted by Gasteiger charge is -2.24. The summed E-state index contributed by atoms with van der Waals surface area (Å²) in [6.45, 7) is 0. The van der Waals surface area contributed by atoms with Crippen molar-refractivity contribution in [2.75, 3.05) is 12.4 Å². The standard InChI is InChI=1S/C19H16BrN3O2/c1-25-16-8-3-2-7-14(16)15-10-17(24)22-19-18(15)21-11-23(19)13-6-4-5-12(20)9-13/h2-9,11,15H,10H2,1H3,(H,22,24). The quantitative estimate of drug-likeness (QED) is 0.722. The number of hydrogen-bond acceptors (Lipinski definition) is 3. The van der Waals surface area contributed by atoms with Gasteiger partial charge < -0.3 is 10.1 Å². The summed E-state index contributed by atoms with van der Waals surface area (Å²) in [6.07, 6.45) is 2.10. The van der Waals surface area contributed by atoms with Crippen LogP contribution >= 0.6 is 15.9 Å². The van der Waals surface area contributed by atoms with Crippen LogP contribution in [0.1, 0.15) is 23.6 Å². The minimum atomic E-state index is -0.131. The minimum Gasteiger partial charge on any atom is -0.496 e. The minimum absolute atomic E-state index is 0.0276. The molecule has 3 aromatic rings. The van der Waals surface area contributed by atoms with Crippen molar-refractivity contribution in [3.05, 3.63) is 70.6 Å². The highest BCUT2D eigenvalue weighted by Gasteiger charge is 2.32. The number of imidazole rings is 1. The molecule has 1 aliphatic rings. The molecule has 0 radical (unpaired) electrons. The number of nitrogens with zero attached hydrogens (tertiary/aromatic N) is 2. The molecule has 1 atom stereocenters. The molecule has 5 nitrogen and oxygen atoms in total. The van der Waals surface area contributed by atoms with E-state index in [4.69, 9.17) is 4.74 Å². The number of benzene rings is 2. The highest BCUT2D eigenvalue weighted by Crippen LogP contribution is 2.40. The van der Waals surface area contributed by atoms with Gasteiger partial charge in [-0.05, 0) is 24.3 Å². The van der Waals surface area contributed by atoms with Gasteiger partial charge >= 0.3 is 0 Å². The van der Waals surface area contributed by atoms with E-state index in [1.165, 1.54) is 0 Å². The Morgan fingerprint density at radius 2 is 2.08 bits per heavy atom. The summed E-state index contributed by atoms with van der Waals surface area (Å²) in [5, 5.41) is 2.97. The number of halogens is 1. The maximum atomic E-state index is 12.4. The molecule has 1 aliphatic heterocycles. The van der Waals surface area contributed by atoms with E-state index in [1.54, 1.807) is 13.4 Å². The van der Waals surface area contributed by atoms with Crippen molar-refractivity contribution >= 4 is 27.7 Å². The SMILES string of the molecule is COc1ccccc1C1CC(=O)Nc2c1ncn2-c1cccc(Br)c1. The number of hydrogen-bond donors (Lipinski definition) is 1. The number of para-hydroxylation sites is 1. The molecule has 1 aromatic heterocycles. The fourth-order valence-corrected chi connectivity index (χ4v) is 3.63. The van der Waals surface area contributed by atoms with Crippen LogP contribution < -0.4 is 10.1 Å². The monoisotopic (exact) mass is 397 g/mol. The van der Waals surface area contributed by atoms with Gasteiger partial charge in [0.25, 0.3) is 0 Å². The summed E-state index contributed by atoms with van der Waals surface area (Å²) in [4.78, 5) is 17.0. The number of aromatic nitrogens is 2. The van der Waals surface area contributed by atoms with E-state index in [0.29, 0.717) is 12.2 Å². The predicted octanol–water partition coefficient (Wildman–Crippen LogP) is 4.12. The Bertz CT molecular complexity index is 951. The van der Waals surface area contributed by atoms with Crippen LogP contribution in [0.15, 0.2) is 59.3 Å². The third kappa shape index (κ3) is 2.82. The third-order valence-corrected chi connectivity index (χ3v) is 4.87. The maximum absolute atomic E-state index is 12.4. The van der Waals surface area contributed by atoms with Crippen molar-refractivity contribution in [1.82, 2.24) is 9.55 Å². The van der Waals surface area contributed by atoms with Crippen molar-refractivity contribution in [2.24, 2.45) is 0 Å². The van der Waals surface area contributed by atoms with Gasteiger partial charge in [-0.2, -0.15) is 0 Å². The number of carbonyl (C=O) groups excluding carboxylic acids is 1. The molecule has 6 heteroatoms. The van der Waals surface area contributed by atoms with E-state index in [0.717, 1.165) is 27.2 Å². The maximum Gasteiger partial charge on any atom is 0.226 e. The van der Waals surface area contributed by atoms with E-state index >= 15 is 0 Å². The van der Waals surface area contributed by atoms with Crippen molar-refractivity contribution in [2.45, 2.75) is 12.3 Å². The second-order valence-electron chi connectivity index (χ2n) is 5.88. The van der Waals surface area contributed by atoms with Gasteiger partial charge in [-0.25, -0.2) is 4.98 Å². The molecule has 0 saturated heterocycles. The zero-order valence-electron chi connectivity index (χ0n) is 13.6. The number of fused-ring (bicyclic) bond motifs is 1. The van der Waals surface area contributed by atoms with Gasteiger partial charge in [0, 0.05) is 28.1 Å². The summed E-state index contributed by atoms with van der Waals surface area (Å²) in [5.74, 6) is 1.32. The van der Waals surface area contributed by atoms with Gasteiger partial charge in [0.15, 0.2) is 0 Å². The lowest BCUT2D eigenvalue weighted by atomic mass is 9.89. The molecule has 1 amide bonds. The highest BCUT2D eigenvalue weighted by molar-refractivity contribution is 9.10. The second kappa shape index (κ2) is 6.37. The Balaban J connectivity index is 1.84. The zero-order chi connectivity index (χ0) is 17.4. The molecule has 0 bridgehead atoms. The van der Waals surface area contributed by atoms with Crippen LogP contribution in [0.4, 0.5) is 5.82 Å². The van der Waals surface area contributed by atoms with Gasteiger partial charge in [0.05, 0.1) is 12.8 Å². The van der Waals surface area contributed by atoms with E-state index in [9.17, 15) is 4.79 Å². The third-order valence-electron chi connectivity index (χ3n) is 4.37. The number of carbonyl (C=O) groups is 1. The van der Waals surface area contributed by atoms with Crippen LogP contribution in [0.25, 0.3) is 5.69 Å². The van der Waals surface area contributed by atoms with Crippen LogP contribution in [0, 0.1) is 0 Å². The van der Waals surface area contributed by atoms with Crippen molar-refractivity contribution in [3.63, 3.8) is 0 Å². The highest BCUT2D eigenvalue weighted by atomic mass is 79.9. The van der Waals surface area contributed by atoms with Crippen LogP contribution in [0.2, 0.25) is 0 Å². The Hall–Kier alpha value is -2.60. The number of ether oxygens (including phenoxy) is 1. The first-order valence-corrected chi connectivity index (χ1v) is 8.72. The number of methoxy groups -OCH3 is 1. The van der Waals surface area contributed by atoms with E-state index in [1.807, 2.05) is 53.1 Å². The van der Waals surface area contributed by atoms with Crippen LogP contribution in [0.3, 0.4) is 0 Å². The van der Waals surface area contributed by atoms with Gasteiger partial charge in [-0.15, -0.1) is 0 Å². The topological polar surface area (TPSA) is 56.1 Å². The van der Waals surface area contributed by atoms with E-state index in [-0.39, 0.29) is 11.8 Å². The Kier molecular flexibility index (Phi) is 4.05. The summed E-state index contributed by atoms with van der Waals surface area (Å²) in [5.41, 5.74) is 2.76. The molecule has 1 unspecified atom stereocenters. The molecular formula is C19H16BrN3O2. The molecule has 4 rings (SSSR count). The lowest BCUT2D eigenvalue weighted by Crippen LogP contribution is -2.25. The molecular weight excluding hydrogens is 382 g/mol. The van der Waals surface area contributed by atoms with Crippen molar-refractivity contribution < 1.29 is 9.53 Å². The predicted molar refractivity (Wildman–Crippen MR) is 99.3 cm³/mol. The van der Waals surface area contributed by atoms with Crippen molar-refractivity contribution in [3.8, 4) is 11.4 Å². The molecule has 25 heavy (non-hydrogen) atoms. The largest absolute Gasteiger partial charge is 0.496 e. The molecule has 0 saturated carbocycles. The number of amides is 1. The van der Waals surface area contributed by atoms with Crippen LogP contribution in [-0.2, 0) is 4.79 Å². The Morgan fingerprint density at radius 1 is 1.24 bits per heavy atom. The van der Waals surface area contributed by atoms with E-state index in [2.05, 4.69) is 26.2 Å². The van der Waals surface area contributed by atoms with Gasteiger partial charge in [-0.3, -0.25) is 9.36 Å². The van der Waals surface area contributed by atoms with Gasteiger partial charge in [0.1, 0.15) is 17.9 Å².